The van der Waals surface area contributed by atoms with Gasteiger partial charge in [0.1, 0.15) is 0 Å². The molecular formula is C20H21N. The lowest BCUT2D eigenvalue weighted by atomic mass is 9.64. The van der Waals surface area contributed by atoms with E-state index < -0.39 is 0 Å². The van der Waals surface area contributed by atoms with E-state index in [1.165, 1.54) is 18.4 Å². The Kier molecular flexibility index (Phi) is 2.42. The zero-order chi connectivity index (χ0) is 14.0. The molecule has 1 heteroatoms. The molecule has 0 amide bonds. The van der Waals surface area contributed by atoms with Gasteiger partial charge in [-0.25, -0.2) is 0 Å². The lowest BCUT2D eigenvalue weighted by Gasteiger charge is -2.39. The summed E-state index contributed by atoms with van der Waals surface area (Å²) in [5, 5.41) is 9.76. The van der Waals surface area contributed by atoms with Gasteiger partial charge in [0.15, 0.2) is 0 Å². The molecule has 5 rings (SSSR count). The number of fused-ring (bicyclic) bond motifs is 9. The lowest BCUT2D eigenvalue weighted by molar-refractivity contribution is 0.115. The van der Waals surface area contributed by atoms with E-state index in [9.17, 15) is 5.26 Å². The molecule has 0 aliphatic heterocycles. The fourth-order valence-electron chi connectivity index (χ4n) is 6.52. The summed E-state index contributed by atoms with van der Waals surface area (Å²) in [6, 6.07) is 13.5. The summed E-state index contributed by atoms with van der Waals surface area (Å²) < 4.78 is 0. The molecule has 4 aliphatic carbocycles. The first-order valence-corrected chi connectivity index (χ1v) is 8.48. The molecule has 0 aromatic heterocycles. The maximum atomic E-state index is 9.76. The molecule has 1 aromatic rings. The first-order valence-electron chi connectivity index (χ1n) is 8.48. The van der Waals surface area contributed by atoms with Crippen molar-refractivity contribution in [2.24, 2.45) is 47.3 Å². The largest absolute Gasteiger partial charge is 0.198 e. The summed E-state index contributed by atoms with van der Waals surface area (Å²) in [7, 11) is 0. The predicted molar refractivity (Wildman–Crippen MR) is 82.1 cm³/mol. The van der Waals surface area contributed by atoms with Gasteiger partial charge in [-0.1, -0.05) is 42.5 Å². The Morgan fingerprint density at radius 2 is 1.67 bits per heavy atom. The molecule has 0 radical (unpaired) electrons. The number of hydrogen-bond acceptors (Lipinski definition) is 1. The van der Waals surface area contributed by atoms with Crippen LogP contribution < -0.4 is 0 Å². The summed E-state index contributed by atoms with van der Waals surface area (Å²) in [6.45, 7) is 0. The SMILES string of the molecule is N#CC1C(Cc2ccccc2)C2CC1C1C3C=CC(C3)C21. The van der Waals surface area contributed by atoms with Crippen molar-refractivity contribution in [2.45, 2.75) is 19.3 Å². The topological polar surface area (TPSA) is 23.8 Å². The zero-order valence-corrected chi connectivity index (χ0v) is 12.2. The van der Waals surface area contributed by atoms with Crippen LogP contribution in [0, 0.1) is 58.7 Å². The zero-order valence-electron chi connectivity index (χ0n) is 12.2. The summed E-state index contributed by atoms with van der Waals surface area (Å²) in [6.07, 6.45) is 8.80. The molecule has 3 saturated carbocycles. The van der Waals surface area contributed by atoms with E-state index in [0.29, 0.717) is 17.8 Å². The molecule has 0 N–H and O–H groups in total. The highest BCUT2D eigenvalue weighted by molar-refractivity contribution is 5.26. The Morgan fingerprint density at radius 3 is 2.38 bits per heavy atom. The van der Waals surface area contributed by atoms with Crippen molar-refractivity contribution in [3.8, 4) is 6.07 Å². The quantitative estimate of drug-likeness (QED) is 0.589. The maximum absolute atomic E-state index is 9.76. The van der Waals surface area contributed by atoms with Crippen LogP contribution in [0.4, 0.5) is 0 Å². The summed E-state index contributed by atoms with van der Waals surface area (Å²) >= 11 is 0. The van der Waals surface area contributed by atoms with Crippen molar-refractivity contribution < 1.29 is 0 Å². The highest BCUT2D eigenvalue weighted by atomic mass is 14.7. The molecule has 8 unspecified atom stereocenters. The van der Waals surface area contributed by atoms with Gasteiger partial charge in [-0.15, -0.1) is 0 Å². The molecular weight excluding hydrogens is 254 g/mol. The number of hydrogen-bond donors (Lipinski definition) is 0. The number of benzene rings is 1. The van der Waals surface area contributed by atoms with Gasteiger partial charge in [-0.2, -0.15) is 5.26 Å². The van der Waals surface area contributed by atoms with Gasteiger partial charge >= 0.3 is 0 Å². The third-order valence-electron chi connectivity index (χ3n) is 7.05. The molecule has 3 fully saturated rings. The van der Waals surface area contributed by atoms with Crippen molar-refractivity contribution in [2.75, 3.05) is 0 Å². The van der Waals surface area contributed by atoms with Crippen molar-refractivity contribution in [1.82, 2.24) is 0 Å². The highest BCUT2D eigenvalue weighted by Crippen LogP contribution is 2.68. The summed E-state index contributed by atoms with van der Waals surface area (Å²) in [5.74, 6) is 5.82. The van der Waals surface area contributed by atoms with Gasteiger partial charge in [0.25, 0.3) is 0 Å². The fraction of sp³-hybridized carbons (Fsp3) is 0.550. The first kappa shape index (κ1) is 12.0. The smallest absolute Gasteiger partial charge is 0.0661 e. The Morgan fingerprint density at radius 1 is 0.952 bits per heavy atom. The number of rotatable bonds is 2. The normalized spacial score (nSPS) is 48.5. The second kappa shape index (κ2) is 4.23. The number of nitriles is 1. The molecule has 21 heavy (non-hydrogen) atoms. The second-order valence-electron chi connectivity index (χ2n) is 7.67. The van der Waals surface area contributed by atoms with E-state index in [0.717, 1.165) is 36.0 Å². The highest BCUT2D eigenvalue weighted by Gasteiger charge is 2.64. The van der Waals surface area contributed by atoms with Crippen LogP contribution in [0.5, 0.6) is 0 Å². The van der Waals surface area contributed by atoms with Crippen LogP contribution in [0.3, 0.4) is 0 Å². The van der Waals surface area contributed by atoms with E-state index in [1.807, 2.05) is 0 Å². The van der Waals surface area contributed by atoms with Crippen molar-refractivity contribution in [3.05, 3.63) is 48.0 Å². The second-order valence-corrected chi connectivity index (χ2v) is 7.67. The van der Waals surface area contributed by atoms with Gasteiger partial charge in [0.2, 0.25) is 0 Å². The van der Waals surface area contributed by atoms with E-state index >= 15 is 0 Å². The predicted octanol–water partition coefficient (Wildman–Crippen LogP) is 4.07. The molecule has 4 bridgehead atoms. The Labute approximate surface area is 126 Å². The van der Waals surface area contributed by atoms with E-state index in [-0.39, 0.29) is 0 Å². The number of allylic oxidation sites excluding steroid dienone is 2. The monoisotopic (exact) mass is 275 g/mol. The third-order valence-corrected chi connectivity index (χ3v) is 7.05. The van der Waals surface area contributed by atoms with Crippen molar-refractivity contribution in [1.29, 1.82) is 5.26 Å². The molecule has 106 valence electrons. The van der Waals surface area contributed by atoms with Crippen LogP contribution in [0.25, 0.3) is 0 Å². The van der Waals surface area contributed by atoms with Gasteiger partial charge in [-0.3, -0.25) is 0 Å². The Hall–Kier alpha value is -1.55. The average molecular weight is 275 g/mol. The molecule has 4 aliphatic rings. The molecule has 0 spiro atoms. The van der Waals surface area contributed by atoms with Crippen LogP contribution >= 0.6 is 0 Å². The Bertz CT molecular complexity index is 625. The summed E-state index contributed by atoms with van der Waals surface area (Å²) in [5.41, 5.74) is 1.42. The summed E-state index contributed by atoms with van der Waals surface area (Å²) in [4.78, 5) is 0. The van der Waals surface area contributed by atoms with Crippen LogP contribution in [-0.2, 0) is 6.42 Å². The Balaban J connectivity index is 1.48. The maximum Gasteiger partial charge on any atom is 0.0661 e. The first-order chi connectivity index (χ1) is 10.4. The molecule has 0 saturated heterocycles. The van der Waals surface area contributed by atoms with Gasteiger partial charge in [-0.05, 0) is 66.3 Å². The van der Waals surface area contributed by atoms with Crippen molar-refractivity contribution in [3.63, 3.8) is 0 Å². The molecule has 1 nitrogen and oxygen atoms in total. The van der Waals surface area contributed by atoms with Crippen LogP contribution in [0.1, 0.15) is 18.4 Å². The van der Waals surface area contributed by atoms with Gasteiger partial charge in [0.05, 0.1) is 12.0 Å². The lowest BCUT2D eigenvalue weighted by Crippen LogP contribution is -2.37. The minimum Gasteiger partial charge on any atom is -0.198 e. The molecule has 1 aromatic carbocycles. The molecule has 0 heterocycles. The minimum atomic E-state index is 0.309. The van der Waals surface area contributed by atoms with E-state index in [4.69, 9.17) is 0 Å². The number of nitrogens with zero attached hydrogens (tertiary/aromatic N) is 1. The average Bonchev–Trinajstić information content (AvgIpc) is 3.26. The molecule has 8 atom stereocenters. The van der Waals surface area contributed by atoms with Crippen LogP contribution in [0.15, 0.2) is 42.5 Å². The third kappa shape index (κ3) is 1.51. The van der Waals surface area contributed by atoms with Gasteiger partial charge < -0.3 is 0 Å². The standard InChI is InChI=1S/C20H21N/c21-11-18-15(8-12-4-2-1-3-5-12)16-10-17(18)20-14-7-6-13(9-14)19(16)20/h1-7,13-20H,8-10H2. The van der Waals surface area contributed by atoms with Crippen molar-refractivity contribution >= 4 is 0 Å². The van der Waals surface area contributed by atoms with E-state index in [2.05, 4.69) is 48.6 Å². The van der Waals surface area contributed by atoms with E-state index in [1.54, 1.807) is 0 Å². The van der Waals surface area contributed by atoms with Crippen LogP contribution in [-0.4, -0.2) is 0 Å². The fourth-order valence-corrected chi connectivity index (χ4v) is 6.52. The minimum absolute atomic E-state index is 0.309. The van der Waals surface area contributed by atoms with Gasteiger partial charge in [0, 0.05) is 0 Å². The van der Waals surface area contributed by atoms with Crippen LogP contribution in [0.2, 0.25) is 0 Å².